The Morgan fingerprint density at radius 1 is 1.25 bits per heavy atom. The molecule has 1 atom stereocenters. The molecule has 20 heavy (non-hydrogen) atoms. The van der Waals surface area contributed by atoms with E-state index in [4.69, 9.17) is 15.2 Å². The van der Waals surface area contributed by atoms with Gasteiger partial charge in [0.05, 0.1) is 18.9 Å². The zero-order valence-corrected chi connectivity index (χ0v) is 12.1. The third-order valence-electron chi connectivity index (χ3n) is 2.78. The van der Waals surface area contributed by atoms with E-state index in [1.165, 1.54) is 0 Å². The summed E-state index contributed by atoms with van der Waals surface area (Å²) in [6.45, 7) is 4.51. The van der Waals surface area contributed by atoms with Gasteiger partial charge in [-0.25, -0.2) is 0 Å². The van der Waals surface area contributed by atoms with Crippen LogP contribution in [0.4, 0.5) is 0 Å². The largest absolute Gasteiger partial charge is 0.381 e. The summed E-state index contributed by atoms with van der Waals surface area (Å²) in [6.07, 6.45) is 5.03. The number of H-pyrrole nitrogens is 1. The molecule has 112 valence electrons. The molecule has 1 aromatic rings. The van der Waals surface area contributed by atoms with E-state index >= 15 is 0 Å². The van der Waals surface area contributed by atoms with Crippen molar-refractivity contribution < 1.29 is 9.47 Å². The number of hydrogen-bond donors (Lipinski definition) is 2. The molecule has 0 saturated heterocycles. The van der Waals surface area contributed by atoms with Gasteiger partial charge in [-0.1, -0.05) is 5.21 Å². The Balaban J connectivity index is 1.86. The first-order valence-corrected chi connectivity index (χ1v) is 6.99. The van der Waals surface area contributed by atoms with E-state index < -0.39 is 0 Å². The van der Waals surface area contributed by atoms with E-state index in [2.05, 4.69) is 27.3 Å². The normalized spacial score (nSPS) is 11.9. The van der Waals surface area contributed by atoms with Crippen molar-refractivity contribution >= 4 is 0 Å². The highest BCUT2D eigenvalue weighted by atomic mass is 16.5. The van der Waals surface area contributed by atoms with Gasteiger partial charge < -0.3 is 15.2 Å². The molecule has 0 aromatic carbocycles. The Morgan fingerprint density at radius 2 is 2.00 bits per heavy atom. The van der Waals surface area contributed by atoms with Crippen molar-refractivity contribution in [3.05, 3.63) is 11.9 Å². The molecule has 1 rings (SSSR count). The first kappa shape index (κ1) is 16.6. The monoisotopic (exact) mass is 280 g/mol. The predicted molar refractivity (Wildman–Crippen MR) is 77.0 cm³/mol. The number of nitrogens with two attached hydrogens (primary N) is 1. The Labute approximate surface area is 120 Å². The Kier molecular flexibility index (Phi) is 9.49. The van der Waals surface area contributed by atoms with Crippen LogP contribution < -0.4 is 5.73 Å². The van der Waals surface area contributed by atoms with Crippen molar-refractivity contribution in [3.8, 4) is 11.8 Å². The second-order valence-electron chi connectivity index (χ2n) is 4.45. The molecule has 0 aliphatic rings. The molecule has 0 spiro atoms. The van der Waals surface area contributed by atoms with Crippen molar-refractivity contribution in [2.24, 2.45) is 5.73 Å². The first-order valence-electron chi connectivity index (χ1n) is 6.99. The summed E-state index contributed by atoms with van der Waals surface area (Å²) < 4.78 is 11.0. The lowest BCUT2D eigenvalue weighted by Crippen LogP contribution is -2.24. The van der Waals surface area contributed by atoms with Gasteiger partial charge in [0.25, 0.3) is 0 Å². The lowest BCUT2D eigenvalue weighted by molar-refractivity contribution is 0.112. The summed E-state index contributed by atoms with van der Waals surface area (Å²) in [6, 6.07) is 0.124. The van der Waals surface area contributed by atoms with Crippen molar-refractivity contribution in [1.29, 1.82) is 0 Å². The molecule has 0 aliphatic carbocycles. The minimum absolute atomic E-state index is 0.124. The average molecular weight is 280 g/mol. The zero-order valence-electron chi connectivity index (χ0n) is 12.1. The minimum Gasteiger partial charge on any atom is -0.381 e. The van der Waals surface area contributed by atoms with E-state index in [0.717, 1.165) is 31.4 Å². The molecule has 1 heterocycles. The van der Waals surface area contributed by atoms with Crippen LogP contribution in [0.1, 0.15) is 31.9 Å². The van der Waals surface area contributed by atoms with Crippen molar-refractivity contribution in [1.82, 2.24) is 15.4 Å². The van der Waals surface area contributed by atoms with Gasteiger partial charge in [0.1, 0.15) is 0 Å². The SMILES string of the molecule is CC#CCCOCCC(N)CCOCCc1c[nH]nn1. The van der Waals surface area contributed by atoms with Crippen LogP contribution in [0.5, 0.6) is 0 Å². The molecule has 0 amide bonds. The third kappa shape index (κ3) is 8.64. The third-order valence-corrected chi connectivity index (χ3v) is 2.78. The van der Waals surface area contributed by atoms with E-state index in [0.29, 0.717) is 26.4 Å². The van der Waals surface area contributed by atoms with Crippen LogP contribution in [-0.2, 0) is 15.9 Å². The molecule has 6 heteroatoms. The number of nitrogens with one attached hydrogen (secondary N) is 1. The number of nitrogens with zero attached hydrogens (tertiary/aromatic N) is 2. The highest BCUT2D eigenvalue weighted by Gasteiger charge is 2.03. The summed E-state index contributed by atoms with van der Waals surface area (Å²) in [7, 11) is 0. The first-order chi connectivity index (χ1) is 9.83. The van der Waals surface area contributed by atoms with Gasteiger partial charge in [-0.15, -0.1) is 16.9 Å². The molecule has 0 bridgehead atoms. The molecule has 0 aliphatic heterocycles. The van der Waals surface area contributed by atoms with Crippen molar-refractivity contribution in [2.45, 2.75) is 38.6 Å². The predicted octanol–water partition coefficient (Wildman–Crippen LogP) is 0.901. The smallest absolute Gasteiger partial charge is 0.0847 e. The van der Waals surface area contributed by atoms with Gasteiger partial charge in [-0.2, -0.15) is 0 Å². The Bertz CT molecular complexity index is 384. The van der Waals surface area contributed by atoms with Crippen LogP contribution in [0.2, 0.25) is 0 Å². The van der Waals surface area contributed by atoms with E-state index in [1.54, 1.807) is 6.20 Å². The molecular formula is C14H24N4O2. The van der Waals surface area contributed by atoms with Gasteiger partial charge in [0.15, 0.2) is 0 Å². The van der Waals surface area contributed by atoms with Gasteiger partial charge in [-0.3, -0.25) is 5.10 Å². The fourth-order valence-electron chi connectivity index (χ4n) is 1.59. The van der Waals surface area contributed by atoms with Crippen LogP contribution in [0, 0.1) is 11.8 Å². The highest BCUT2D eigenvalue weighted by molar-refractivity contribution is 4.94. The summed E-state index contributed by atoms with van der Waals surface area (Å²) in [5, 5.41) is 10.2. The second-order valence-corrected chi connectivity index (χ2v) is 4.45. The number of hydrogen-bond acceptors (Lipinski definition) is 5. The molecule has 0 fully saturated rings. The maximum absolute atomic E-state index is 5.98. The minimum atomic E-state index is 0.124. The van der Waals surface area contributed by atoms with Gasteiger partial charge in [-0.05, 0) is 19.8 Å². The van der Waals surface area contributed by atoms with Crippen LogP contribution in [0.25, 0.3) is 0 Å². The van der Waals surface area contributed by atoms with Crippen LogP contribution in [0.15, 0.2) is 6.20 Å². The summed E-state index contributed by atoms with van der Waals surface area (Å²) in [5.41, 5.74) is 6.89. The van der Waals surface area contributed by atoms with Crippen molar-refractivity contribution in [3.63, 3.8) is 0 Å². The molecule has 1 unspecified atom stereocenters. The highest BCUT2D eigenvalue weighted by Crippen LogP contribution is 1.98. The Hall–Kier alpha value is -1.42. The number of ether oxygens (including phenoxy) is 2. The second kappa shape index (κ2) is 11.4. The summed E-state index contributed by atoms with van der Waals surface area (Å²) in [5.74, 6) is 5.79. The van der Waals surface area contributed by atoms with Crippen LogP contribution >= 0.6 is 0 Å². The summed E-state index contributed by atoms with van der Waals surface area (Å²) >= 11 is 0. The molecule has 0 radical (unpaired) electrons. The molecule has 3 N–H and O–H groups in total. The number of aromatic nitrogens is 3. The van der Waals surface area contributed by atoms with E-state index in [-0.39, 0.29) is 6.04 Å². The molecular weight excluding hydrogens is 256 g/mol. The van der Waals surface area contributed by atoms with Crippen LogP contribution in [-0.4, -0.2) is 47.9 Å². The lowest BCUT2D eigenvalue weighted by Gasteiger charge is -2.11. The quantitative estimate of drug-likeness (QED) is 0.464. The lowest BCUT2D eigenvalue weighted by atomic mass is 10.2. The number of aromatic amines is 1. The topological polar surface area (TPSA) is 86.0 Å². The maximum Gasteiger partial charge on any atom is 0.0847 e. The van der Waals surface area contributed by atoms with E-state index in [1.807, 2.05) is 6.92 Å². The fraction of sp³-hybridized carbons (Fsp3) is 0.714. The zero-order chi connectivity index (χ0) is 14.5. The summed E-state index contributed by atoms with van der Waals surface area (Å²) in [4.78, 5) is 0. The Morgan fingerprint density at radius 3 is 2.65 bits per heavy atom. The fourth-order valence-corrected chi connectivity index (χ4v) is 1.59. The van der Waals surface area contributed by atoms with Gasteiger partial charge in [0, 0.05) is 38.3 Å². The van der Waals surface area contributed by atoms with Crippen LogP contribution in [0.3, 0.4) is 0 Å². The molecule has 1 aromatic heterocycles. The molecule has 6 nitrogen and oxygen atoms in total. The van der Waals surface area contributed by atoms with E-state index in [9.17, 15) is 0 Å². The molecule has 0 saturated carbocycles. The van der Waals surface area contributed by atoms with Gasteiger partial charge >= 0.3 is 0 Å². The maximum atomic E-state index is 5.98. The number of rotatable bonds is 11. The van der Waals surface area contributed by atoms with Gasteiger partial charge in [0.2, 0.25) is 0 Å². The average Bonchev–Trinajstić information content (AvgIpc) is 2.95. The van der Waals surface area contributed by atoms with Crippen molar-refractivity contribution in [2.75, 3.05) is 26.4 Å². The standard InChI is InChI=1S/C14H24N4O2/c1-2-3-4-8-19-9-5-13(15)6-10-20-11-7-14-12-16-18-17-14/h12-13H,4-11,15H2,1H3,(H,16,17,18).